The molecule has 2 amide bonds. The van der Waals surface area contributed by atoms with Crippen molar-refractivity contribution < 1.29 is 87.8 Å². The first-order chi connectivity index (χ1) is 65.2. The van der Waals surface area contributed by atoms with Gasteiger partial charge in [0.05, 0.1) is 280 Å². The highest BCUT2D eigenvalue weighted by atomic mass is 79.9. The number of aromatic nitrogens is 18. The van der Waals surface area contributed by atoms with E-state index in [2.05, 4.69) is 131 Å². The second-order valence-electron chi connectivity index (χ2n) is 28.2. The summed E-state index contributed by atoms with van der Waals surface area (Å²) in [6.07, 6.45) is 0.562. The third-order valence-electron chi connectivity index (χ3n) is 18.9. The summed E-state index contributed by atoms with van der Waals surface area (Å²) < 4.78 is 42.0. The average Bonchev–Trinajstić information content (AvgIpc) is 1.62. The van der Waals surface area contributed by atoms with Gasteiger partial charge >= 0.3 is 35.1 Å². The van der Waals surface area contributed by atoms with E-state index in [-0.39, 0.29) is 66.3 Å². The molecule has 0 aliphatic carbocycles. The largest absolute Gasteiger partial charge is 0.493 e. The Morgan fingerprint density at radius 3 is 1.27 bits per heavy atom. The molecular formula is C77H88Br4Cl3N29O23. The van der Waals surface area contributed by atoms with Crippen molar-refractivity contribution in [2.24, 2.45) is 0 Å². The molecule has 0 bridgehead atoms. The number of hydrogen-bond donors (Lipinski definition) is 10. The zero-order valence-corrected chi connectivity index (χ0v) is 81.0. The maximum absolute atomic E-state index is 12.8. The number of anilines is 6. The number of carbonyl (C=O) groups is 3. The van der Waals surface area contributed by atoms with E-state index in [1.165, 1.54) is 40.7 Å². The fourth-order valence-corrected chi connectivity index (χ4v) is 14.2. The first-order valence-corrected chi connectivity index (χ1v) is 45.5. The third-order valence-corrected chi connectivity index (χ3v) is 22.2. The fourth-order valence-electron chi connectivity index (χ4n) is 12.8. The predicted octanol–water partition coefficient (Wildman–Crippen LogP) is 10.4. The van der Waals surface area contributed by atoms with E-state index < -0.39 is 36.4 Å². The number of alkyl halides is 4. The van der Waals surface area contributed by atoms with Gasteiger partial charge in [0, 0.05) is 59.7 Å². The van der Waals surface area contributed by atoms with Crippen LogP contribution in [0.2, 0.25) is 15.2 Å². The first kappa shape index (κ1) is 107. The van der Waals surface area contributed by atoms with Gasteiger partial charge in [-0.3, -0.25) is 28.6 Å². The van der Waals surface area contributed by atoms with Crippen molar-refractivity contribution in [2.45, 2.75) is 105 Å². The molecule has 0 saturated carbocycles. The number of halogens is 7. The molecule has 12 N–H and O–H groups in total. The third kappa shape index (κ3) is 29.8. The molecule has 0 saturated heterocycles. The number of ether oxygens (including phenoxy) is 6. The fraction of sp³-hybridized carbons (Fsp3) is 0.364. The van der Waals surface area contributed by atoms with E-state index >= 15 is 0 Å². The lowest BCUT2D eigenvalue weighted by Gasteiger charge is -2.15. The van der Waals surface area contributed by atoms with Crippen molar-refractivity contribution in [3.05, 3.63) is 242 Å². The number of nitrogens with zero attached hydrogens (tertiary/aromatic N) is 23. The highest BCUT2D eigenvalue weighted by molar-refractivity contribution is 9.12. The lowest BCUT2D eigenvalue weighted by atomic mass is 10.1. The van der Waals surface area contributed by atoms with Crippen molar-refractivity contribution in [3.63, 3.8) is 0 Å². The summed E-state index contributed by atoms with van der Waals surface area (Å²) >= 11 is 31.2. The number of nitrogens with one attached hydrogen (secondary N) is 4. The van der Waals surface area contributed by atoms with Crippen LogP contribution in [0.4, 0.5) is 63.5 Å². The number of rotatable bonds is 22. The summed E-state index contributed by atoms with van der Waals surface area (Å²) in [5, 5.41) is 131. The summed E-state index contributed by atoms with van der Waals surface area (Å²) in [5.74, 6) is -0.455. The number of nitrogen functional groups attached to an aromatic ring is 2. The van der Waals surface area contributed by atoms with Crippen LogP contribution in [0.25, 0.3) is 0 Å². The number of pyridine rings is 2. The van der Waals surface area contributed by atoms with Crippen LogP contribution in [-0.4, -0.2) is 238 Å². The van der Waals surface area contributed by atoms with Crippen molar-refractivity contribution in [1.82, 2.24) is 98.8 Å². The standard InChI is InChI=1S/C22H22ClN5O3.C15H13Cl2N3O2.2C6H8BrN3O3.C6H7N3O3.2C6H9N3O.C4H3N3O4.C4H5N3O3.C2H4Br2/c1-27-11-19-20(22(27)29)18(25-17-5-3-4-16(23)21(17)30-2)10-13(24-19)8-14-9-15-12-31-7-6-28(15)26-14;1-20-7-11-13(15(20)21)10(6-12(17)19-11)18-9-5-3-4-8(16)14(9)22-2;2*7-1-2-9-5(4-11)3-6(8-9)10(12)13;10-9(11)6-3-5-4-12-2-1-8(5)7-6;2*7-6-3-5-4-10-2-1-9(5)8-6;8-4(9)2-1-3(6-5-2)7(10)11;8-2-3-1-4(6-5-3)7(9)10;3-1-2-4/h3-5,9-10H,6-8,11-12H2,1-2H3,(H,24,25);3-6H,7H2,1-2H3,(H,18,19);2*3,11H,1-2,4H2;3H,1-2,4H2;2*3H,1-2,4H2,(H2,7,8);1H,(H,5,6)(H,8,9);1,8H,2H2,(H,5,6);1-2H2. The van der Waals surface area contributed by atoms with Gasteiger partial charge in [-0.2, -0.15) is 29.3 Å². The van der Waals surface area contributed by atoms with Gasteiger partial charge in [-0.1, -0.05) is 121 Å². The van der Waals surface area contributed by atoms with E-state index in [0.717, 1.165) is 89.4 Å². The van der Waals surface area contributed by atoms with Crippen LogP contribution in [0.1, 0.15) is 93.8 Å². The number of hydrogen-bond acceptors (Lipinski definition) is 36. The number of aliphatic hydroxyl groups is 3. The number of methoxy groups -OCH3 is 2. The number of carboxylic acids is 1. The van der Waals surface area contributed by atoms with Gasteiger partial charge in [-0.25, -0.2) is 9.78 Å². The number of aromatic amines is 2. The Balaban J connectivity index is 0.000000176. The number of aromatic carboxylic acids is 1. The van der Waals surface area contributed by atoms with Crippen LogP contribution in [0.5, 0.6) is 11.5 Å². The number of H-pyrrole nitrogens is 2. The topological polar surface area (TPSA) is 676 Å². The number of fused-ring (bicyclic) bond motifs is 6. The predicted molar refractivity (Wildman–Crippen MR) is 502 cm³/mol. The second-order valence-corrected chi connectivity index (χ2v) is 32.5. The molecule has 0 fully saturated rings. The maximum atomic E-state index is 12.8. The van der Waals surface area contributed by atoms with Gasteiger partial charge in [0.2, 0.25) is 0 Å². The SMILES string of the molecule is BrCCBr.COc1c(Cl)cccc1Nc1cc(Cc2cc3n(n2)CCOC3)nc2c1C(=O)N(C)C2.COc1c(Cl)cccc1Nc1cc(Cl)nc2c1C(=O)N(C)C2.Nc1cc2n(n1)CCOC2.Nc1cc2n(n1)CCOC2.O=C(O)c1cc([N+](=O)[O-])[nH]n1.O=[N+]([O-])c1cc(CO)n(CCBr)n1.O=[N+]([O-])c1cc(CO)n(CCBr)n1.O=[N+]([O-])c1cc(CO)n[nH]1.O=[N+]([O-])c1cc2n(n1)CCOC2. The minimum absolute atomic E-state index is 0.0628. The van der Waals surface area contributed by atoms with Gasteiger partial charge in [0.15, 0.2) is 17.2 Å². The molecule has 136 heavy (non-hydrogen) atoms. The average molecular weight is 2210 g/mol. The molecule has 0 unspecified atom stereocenters. The molecule has 728 valence electrons. The minimum atomic E-state index is -1.30. The second kappa shape index (κ2) is 52.3. The number of aliphatic hydroxyl groups excluding tert-OH is 3. The number of benzene rings is 2. The van der Waals surface area contributed by atoms with Crippen LogP contribution in [-0.2, 0) is 124 Å². The number of nitrogens with two attached hydrogens (primary N) is 2. The Bertz CT molecular complexity index is 5910. The summed E-state index contributed by atoms with van der Waals surface area (Å²) in [6, 6.07) is 26.1. The van der Waals surface area contributed by atoms with Gasteiger partial charge in [-0.05, 0) is 67.1 Å². The highest BCUT2D eigenvalue weighted by Gasteiger charge is 2.33. The molecule has 18 rings (SSSR count). The number of para-hydroxylation sites is 2. The van der Waals surface area contributed by atoms with Crippen LogP contribution < -0.4 is 31.6 Å². The Labute approximate surface area is 818 Å². The molecule has 0 atom stereocenters. The monoisotopic (exact) mass is 2210 g/mol. The molecule has 0 radical (unpaired) electrons. The summed E-state index contributed by atoms with van der Waals surface area (Å²) in [5.41, 5.74) is 22.6. The quantitative estimate of drug-likeness (QED) is 0.0130. The number of carboxylic acid groups (broad SMARTS) is 1. The lowest BCUT2D eigenvalue weighted by Crippen LogP contribution is -2.18. The summed E-state index contributed by atoms with van der Waals surface area (Å²) in [4.78, 5) is 95.4. The van der Waals surface area contributed by atoms with Gasteiger partial charge in [0.1, 0.15) is 22.5 Å². The van der Waals surface area contributed by atoms with E-state index in [0.29, 0.717) is 179 Å². The zero-order valence-electron chi connectivity index (χ0n) is 72.3. The molecule has 0 spiro atoms. The molecule has 16 heterocycles. The van der Waals surface area contributed by atoms with Crippen molar-refractivity contribution >= 4 is 180 Å². The minimum Gasteiger partial charge on any atom is -0.493 e. The van der Waals surface area contributed by atoms with Crippen LogP contribution in [0.15, 0.2) is 97.1 Å². The van der Waals surface area contributed by atoms with E-state index in [4.69, 9.17) is 100 Å². The molecule has 10 aromatic heterocycles. The maximum Gasteiger partial charge on any atom is 0.390 e. The first-order valence-electron chi connectivity index (χ1n) is 39.9. The van der Waals surface area contributed by atoms with Crippen molar-refractivity contribution in [3.8, 4) is 11.5 Å². The Morgan fingerprint density at radius 2 is 0.904 bits per heavy atom. The van der Waals surface area contributed by atoms with Crippen LogP contribution >= 0.6 is 98.5 Å². The molecule has 59 heteroatoms. The summed E-state index contributed by atoms with van der Waals surface area (Å²) in [6.45, 7) is 9.17. The van der Waals surface area contributed by atoms with Gasteiger partial charge in [-0.15, -0.1) is 10.2 Å². The Hall–Kier alpha value is -12.9. The zero-order chi connectivity index (χ0) is 99.0. The Morgan fingerprint density at radius 1 is 0.493 bits per heavy atom. The molecule has 12 aromatic rings. The molecular weight excluding hydrogens is 2130 g/mol. The van der Waals surface area contributed by atoms with Gasteiger partial charge < -0.3 is 131 Å². The Kier molecular flexibility index (Phi) is 41.1. The number of amides is 2. The number of nitro groups is 5. The molecule has 52 nitrogen and oxygen atoms in total. The molecule has 2 aromatic carbocycles. The highest BCUT2D eigenvalue weighted by Crippen LogP contribution is 2.40. The smallest absolute Gasteiger partial charge is 0.390 e. The van der Waals surface area contributed by atoms with Crippen molar-refractivity contribution in [2.75, 3.05) is 98.2 Å². The normalized spacial score (nSPS) is 13.1. The molecule has 6 aliphatic heterocycles. The number of aryl methyl sites for hydroxylation is 2. The lowest BCUT2D eigenvalue weighted by molar-refractivity contribution is -0.390. The van der Waals surface area contributed by atoms with E-state index in [1.54, 1.807) is 60.0 Å². The van der Waals surface area contributed by atoms with Crippen LogP contribution in [0, 0.1) is 50.6 Å². The van der Waals surface area contributed by atoms with Gasteiger partial charge in [0.25, 0.3) is 11.8 Å². The van der Waals surface area contributed by atoms with E-state index in [1.807, 2.05) is 55.5 Å². The van der Waals surface area contributed by atoms with Crippen molar-refractivity contribution in [1.29, 1.82) is 0 Å². The molecule has 6 aliphatic rings. The number of carbonyl (C=O) groups excluding carboxylic acids is 2. The summed E-state index contributed by atoms with van der Waals surface area (Å²) in [7, 11) is 6.60. The van der Waals surface area contributed by atoms with E-state index in [9.17, 15) is 65.0 Å². The van der Waals surface area contributed by atoms with Crippen LogP contribution in [0.3, 0.4) is 0 Å².